The Bertz CT molecular complexity index is 536. The summed E-state index contributed by atoms with van der Waals surface area (Å²) < 4.78 is 18.2. The van der Waals surface area contributed by atoms with Crippen molar-refractivity contribution in [3.63, 3.8) is 0 Å². The third-order valence-electron chi connectivity index (χ3n) is 2.50. The van der Waals surface area contributed by atoms with Crippen LogP contribution >= 0.6 is 0 Å². The molecule has 0 radical (unpaired) electrons. The summed E-state index contributed by atoms with van der Waals surface area (Å²) in [4.78, 5) is 20.9. The number of carbonyl (C=O) groups excluding carboxylic acids is 1. The fraction of sp³-hybridized carbons (Fsp3) is 0.364. The maximum atomic E-state index is 13.7. The van der Waals surface area contributed by atoms with Gasteiger partial charge in [-0.3, -0.25) is 10.1 Å². The number of hydrogen-bond acceptors (Lipinski definition) is 7. The molecular weight excluding hydrogens is 275 g/mol. The lowest BCUT2D eigenvalue weighted by Gasteiger charge is -2.16. The Morgan fingerprint density at radius 1 is 1.55 bits per heavy atom. The summed E-state index contributed by atoms with van der Waals surface area (Å²) in [6, 6.07) is 0.0592. The topological polar surface area (TPSA) is 136 Å². The van der Waals surface area contributed by atoms with Crippen molar-refractivity contribution in [1.82, 2.24) is 0 Å². The number of esters is 1. The number of phenolic OH excluding ortho intramolecular Hbond substituents is 2. The number of rotatable bonds is 5. The van der Waals surface area contributed by atoms with Crippen LogP contribution < -0.4 is 5.73 Å². The van der Waals surface area contributed by atoms with E-state index in [9.17, 15) is 29.5 Å². The highest BCUT2D eigenvalue weighted by Crippen LogP contribution is 2.38. The van der Waals surface area contributed by atoms with Crippen LogP contribution in [0.4, 0.5) is 10.1 Å². The summed E-state index contributed by atoms with van der Waals surface area (Å²) in [5.41, 5.74) is 4.41. The van der Waals surface area contributed by atoms with Crippen LogP contribution in [0.5, 0.6) is 11.5 Å². The average Bonchev–Trinajstić information content (AvgIpc) is 2.39. The summed E-state index contributed by atoms with van der Waals surface area (Å²) in [5.74, 6) is -3.01. The van der Waals surface area contributed by atoms with E-state index in [1.165, 1.54) is 6.92 Å². The number of alkyl halides is 1. The van der Waals surface area contributed by atoms with Gasteiger partial charge in [-0.15, -0.1) is 0 Å². The molecule has 9 heteroatoms. The Balaban J connectivity index is 3.13. The zero-order valence-corrected chi connectivity index (χ0v) is 10.4. The van der Waals surface area contributed by atoms with Gasteiger partial charge in [0.15, 0.2) is 5.75 Å². The molecule has 0 aliphatic rings. The van der Waals surface area contributed by atoms with Crippen molar-refractivity contribution in [3.05, 3.63) is 27.8 Å². The predicted octanol–water partition coefficient (Wildman–Crippen LogP) is 0.907. The van der Waals surface area contributed by atoms with Crippen LogP contribution in [0.2, 0.25) is 0 Å². The lowest BCUT2D eigenvalue weighted by molar-refractivity contribution is -0.386. The molecule has 0 amide bonds. The van der Waals surface area contributed by atoms with E-state index in [1.807, 2.05) is 0 Å². The van der Waals surface area contributed by atoms with E-state index in [1.54, 1.807) is 0 Å². The van der Waals surface area contributed by atoms with Crippen LogP contribution in [0.1, 0.15) is 18.5 Å². The molecule has 110 valence electrons. The van der Waals surface area contributed by atoms with Crippen molar-refractivity contribution in [2.24, 2.45) is 5.73 Å². The molecule has 1 aromatic carbocycles. The number of ether oxygens (including phenoxy) is 1. The van der Waals surface area contributed by atoms with E-state index >= 15 is 0 Å². The number of halogens is 1. The summed E-state index contributed by atoms with van der Waals surface area (Å²) in [7, 11) is 0. The van der Waals surface area contributed by atoms with Gasteiger partial charge in [0.2, 0.25) is 11.9 Å². The molecule has 0 fully saturated rings. The SMILES string of the molecule is CCOC(=O)C(F)[C@@H](N)c1cc(O)c(O)c([N+](=O)[O-])c1. The van der Waals surface area contributed by atoms with Gasteiger partial charge in [-0.05, 0) is 18.6 Å². The summed E-state index contributed by atoms with van der Waals surface area (Å²) in [6.07, 6.45) is -2.25. The van der Waals surface area contributed by atoms with Crippen LogP contribution in [-0.4, -0.2) is 33.9 Å². The minimum atomic E-state index is -2.25. The Morgan fingerprint density at radius 3 is 2.65 bits per heavy atom. The van der Waals surface area contributed by atoms with Crippen LogP contribution in [0, 0.1) is 10.1 Å². The fourth-order valence-electron chi connectivity index (χ4n) is 1.49. The molecule has 0 bridgehead atoms. The van der Waals surface area contributed by atoms with Gasteiger partial charge in [0, 0.05) is 6.07 Å². The molecule has 0 spiro atoms. The molecule has 1 rings (SSSR count). The van der Waals surface area contributed by atoms with Crippen molar-refractivity contribution < 1.29 is 29.1 Å². The van der Waals surface area contributed by atoms with Gasteiger partial charge in [-0.25, -0.2) is 9.18 Å². The van der Waals surface area contributed by atoms with Crippen LogP contribution in [0.15, 0.2) is 12.1 Å². The first kappa shape index (κ1) is 15.6. The lowest BCUT2D eigenvalue weighted by atomic mass is 10.0. The number of carbonyl (C=O) groups is 1. The van der Waals surface area contributed by atoms with E-state index < -0.39 is 40.3 Å². The third kappa shape index (κ3) is 3.12. The highest BCUT2D eigenvalue weighted by molar-refractivity contribution is 5.76. The van der Waals surface area contributed by atoms with Gasteiger partial charge in [-0.2, -0.15) is 0 Å². The Hall–Kier alpha value is -2.42. The van der Waals surface area contributed by atoms with Crippen molar-refractivity contribution >= 4 is 11.7 Å². The number of nitrogens with zero attached hydrogens (tertiary/aromatic N) is 1. The van der Waals surface area contributed by atoms with Crippen molar-refractivity contribution in [2.75, 3.05) is 6.61 Å². The molecule has 1 aromatic rings. The molecule has 0 heterocycles. The first-order valence-electron chi connectivity index (χ1n) is 5.56. The standard InChI is InChI=1S/C11H13FN2O6/c1-2-20-11(17)8(12)9(13)5-3-6(14(18)19)10(16)7(15)4-5/h3-4,8-9,15-16H,2,13H2,1H3/t8?,9-/m0/s1. The summed E-state index contributed by atoms with van der Waals surface area (Å²) >= 11 is 0. The van der Waals surface area contributed by atoms with E-state index in [-0.39, 0.29) is 12.2 Å². The second-order valence-electron chi connectivity index (χ2n) is 3.84. The molecular formula is C11H13FN2O6. The molecule has 20 heavy (non-hydrogen) atoms. The predicted molar refractivity (Wildman–Crippen MR) is 64.9 cm³/mol. The van der Waals surface area contributed by atoms with E-state index in [4.69, 9.17) is 5.73 Å². The first-order valence-corrected chi connectivity index (χ1v) is 5.56. The maximum absolute atomic E-state index is 13.7. The van der Waals surface area contributed by atoms with E-state index in [2.05, 4.69) is 4.74 Å². The van der Waals surface area contributed by atoms with Crippen LogP contribution in [-0.2, 0) is 9.53 Å². The second kappa shape index (κ2) is 6.15. The molecule has 0 aromatic heterocycles. The van der Waals surface area contributed by atoms with Gasteiger partial charge < -0.3 is 20.7 Å². The minimum absolute atomic E-state index is 0.0487. The van der Waals surface area contributed by atoms with Gasteiger partial charge in [0.1, 0.15) is 0 Å². The monoisotopic (exact) mass is 288 g/mol. The van der Waals surface area contributed by atoms with Crippen LogP contribution in [0.3, 0.4) is 0 Å². The molecule has 0 saturated heterocycles. The second-order valence-corrected chi connectivity index (χ2v) is 3.84. The Morgan fingerprint density at radius 2 is 2.15 bits per heavy atom. The van der Waals surface area contributed by atoms with Gasteiger partial charge in [0.25, 0.3) is 0 Å². The number of nitro groups is 1. The van der Waals surface area contributed by atoms with Gasteiger partial charge >= 0.3 is 11.7 Å². The van der Waals surface area contributed by atoms with Crippen molar-refractivity contribution in [3.8, 4) is 11.5 Å². The number of phenols is 2. The van der Waals surface area contributed by atoms with Crippen molar-refractivity contribution in [1.29, 1.82) is 0 Å². The lowest BCUT2D eigenvalue weighted by Crippen LogP contribution is -2.31. The van der Waals surface area contributed by atoms with Gasteiger partial charge in [-0.1, -0.05) is 0 Å². The summed E-state index contributed by atoms with van der Waals surface area (Å²) in [6.45, 7) is 1.43. The zero-order chi connectivity index (χ0) is 15.4. The fourth-order valence-corrected chi connectivity index (χ4v) is 1.49. The largest absolute Gasteiger partial charge is 0.504 e. The minimum Gasteiger partial charge on any atom is -0.504 e. The molecule has 4 N–H and O–H groups in total. The quantitative estimate of drug-likeness (QED) is 0.317. The average molecular weight is 288 g/mol. The smallest absolute Gasteiger partial charge is 0.342 e. The molecule has 1 unspecified atom stereocenters. The van der Waals surface area contributed by atoms with Crippen LogP contribution in [0.25, 0.3) is 0 Å². The molecule has 0 aliphatic heterocycles. The number of hydrogen-bond donors (Lipinski definition) is 3. The van der Waals surface area contributed by atoms with E-state index in [0.29, 0.717) is 0 Å². The molecule has 2 atom stereocenters. The Labute approximate surface area is 112 Å². The normalized spacial score (nSPS) is 13.6. The number of nitrogens with two attached hydrogens (primary N) is 1. The Kier molecular flexibility index (Phi) is 4.81. The third-order valence-corrected chi connectivity index (χ3v) is 2.50. The van der Waals surface area contributed by atoms with Gasteiger partial charge in [0.05, 0.1) is 17.6 Å². The zero-order valence-electron chi connectivity index (χ0n) is 10.4. The number of benzene rings is 1. The summed E-state index contributed by atoms with van der Waals surface area (Å²) in [5, 5.41) is 29.3. The molecule has 0 aliphatic carbocycles. The van der Waals surface area contributed by atoms with E-state index in [0.717, 1.165) is 12.1 Å². The van der Waals surface area contributed by atoms with Crippen molar-refractivity contribution in [2.45, 2.75) is 19.1 Å². The molecule has 0 saturated carbocycles. The highest BCUT2D eigenvalue weighted by atomic mass is 19.1. The first-order chi connectivity index (χ1) is 9.29. The maximum Gasteiger partial charge on any atom is 0.342 e. The number of nitro benzene ring substituents is 1. The highest BCUT2D eigenvalue weighted by Gasteiger charge is 2.30. The number of aromatic hydroxyl groups is 2. The molecule has 8 nitrogen and oxygen atoms in total.